The van der Waals surface area contributed by atoms with Gasteiger partial charge in [-0.15, -0.1) is 0 Å². The van der Waals surface area contributed by atoms with Gasteiger partial charge in [-0.2, -0.15) is 0 Å². The van der Waals surface area contributed by atoms with Gasteiger partial charge >= 0.3 is 0 Å². The molecule has 1 spiro atoms. The van der Waals surface area contributed by atoms with E-state index in [1.165, 1.54) is 6.92 Å². The molecule has 0 aliphatic carbocycles. The molecule has 1 fully saturated rings. The summed E-state index contributed by atoms with van der Waals surface area (Å²) in [6.07, 6.45) is 0. The highest BCUT2D eigenvalue weighted by molar-refractivity contribution is 6.07. The molecule has 1 saturated heterocycles. The summed E-state index contributed by atoms with van der Waals surface area (Å²) in [5, 5.41) is 0. The molecule has 2 aliphatic heterocycles. The minimum Gasteiger partial charge on any atom is -0.492 e. The molecule has 6 nitrogen and oxygen atoms in total. The zero-order chi connectivity index (χ0) is 19.9. The summed E-state index contributed by atoms with van der Waals surface area (Å²) in [6, 6.07) is 11.0. The van der Waals surface area contributed by atoms with Crippen LogP contribution >= 0.6 is 0 Å². The molecule has 0 saturated carbocycles. The third-order valence-corrected chi connectivity index (χ3v) is 5.25. The molecule has 0 radical (unpaired) electrons. The second-order valence-electron chi connectivity index (χ2n) is 7.12. The minimum absolute atomic E-state index is 0.0125. The van der Waals surface area contributed by atoms with E-state index in [0.29, 0.717) is 37.7 Å². The SMILES string of the molecule is CC(=O)c1ccc(OCCN2C(=O)C3(OCCO3)c3c(C)ccc(C)c32)cc1. The fourth-order valence-electron chi connectivity index (χ4n) is 3.88. The third-order valence-electron chi connectivity index (χ3n) is 5.25. The molecule has 4 rings (SSSR count). The first-order valence-corrected chi connectivity index (χ1v) is 9.38. The summed E-state index contributed by atoms with van der Waals surface area (Å²) in [5.41, 5.74) is 4.26. The molecule has 2 aliphatic rings. The van der Waals surface area contributed by atoms with Crippen molar-refractivity contribution < 1.29 is 23.8 Å². The number of ketones is 1. The Kier molecular flexibility index (Phi) is 4.69. The van der Waals surface area contributed by atoms with Gasteiger partial charge in [-0.3, -0.25) is 9.59 Å². The topological polar surface area (TPSA) is 65.1 Å². The Morgan fingerprint density at radius 3 is 2.36 bits per heavy atom. The number of amides is 1. The van der Waals surface area contributed by atoms with E-state index in [0.717, 1.165) is 22.4 Å². The molecule has 1 amide bonds. The van der Waals surface area contributed by atoms with Gasteiger partial charge in [-0.05, 0) is 56.2 Å². The van der Waals surface area contributed by atoms with Crippen molar-refractivity contribution in [1.82, 2.24) is 0 Å². The molecular formula is C22H23NO5. The van der Waals surface area contributed by atoms with E-state index >= 15 is 0 Å². The number of benzene rings is 2. The highest BCUT2D eigenvalue weighted by Crippen LogP contribution is 2.48. The summed E-state index contributed by atoms with van der Waals surface area (Å²) in [4.78, 5) is 26.3. The maximum absolute atomic E-state index is 13.2. The fraction of sp³-hybridized carbons (Fsp3) is 0.364. The largest absolute Gasteiger partial charge is 0.492 e. The van der Waals surface area contributed by atoms with Gasteiger partial charge in [0.2, 0.25) is 0 Å². The van der Waals surface area contributed by atoms with Gasteiger partial charge in [0, 0.05) is 11.1 Å². The first kappa shape index (κ1) is 18.7. The molecular weight excluding hydrogens is 358 g/mol. The number of anilines is 1. The molecule has 2 aromatic carbocycles. The van der Waals surface area contributed by atoms with E-state index in [1.807, 2.05) is 26.0 Å². The van der Waals surface area contributed by atoms with Crippen LogP contribution in [-0.4, -0.2) is 38.1 Å². The van der Waals surface area contributed by atoms with Gasteiger partial charge in [0.05, 0.1) is 25.4 Å². The van der Waals surface area contributed by atoms with Crippen LogP contribution in [-0.2, 0) is 20.1 Å². The van der Waals surface area contributed by atoms with Crippen LogP contribution in [0.5, 0.6) is 5.75 Å². The maximum atomic E-state index is 13.2. The molecule has 2 heterocycles. The van der Waals surface area contributed by atoms with Crippen molar-refractivity contribution in [1.29, 1.82) is 0 Å². The lowest BCUT2D eigenvalue weighted by Crippen LogP contribution is -2.42. The van der Waals surface area contributed by atoms with Crippen LogP contribution in [0.3, 0.4) is 0 Å². The third kappa shape index (κ3) is 2.89. The van der Waals surface area contributed by atoms with E-state index in [2.05, 4.69) is 0 Å². The van der Waals surface area contributed by atoms with Crippen molar-refractivity contribution in [3.63, 3.8) is 0 Å². The molecule has 0 atom stereocenters. The molecule has 0 N–H and O–H groups in total. The van der Waals surface area contributed by atoms with E-state index < -0.39 is 5.79 Å². The quantitative estimate of drug-likeness (QED) is 0.745. The Balaban J connectivity index is 1.55. The summed E-state index contributed by atoms with van der Waals surface area (Å²) >= 11 is 0. The van der Waals surface area contributed by atoms with Crippen LogP contribution in [0.25, 0.3) is 0 Å². The first-order chi connectivity index (χ1) is 13.4. The Hall–Kier alpha value is -2.70. The lowest BCUT2D eigenvalue weighted by Gasteiger charge is -2.22. The normalized spacial score (nSPS) is 17.2. The van der Waals surface area contributed by atoms with Crippen molar-refractivity contribution in [2.75, 3.05) is 31.3 Å². The second-order valence-corrected chi connectivity index (χ2v) is 7.12. The van der Waals surface area contributed by atoms with E-state index in [1.54, 1.807) is 29.2 Å². The highest BCUT2D eigenvalue weighted by Gasteiger charge is 2.57. The van der Waals surface area contributed by atoms with Gasteiger partial charge in [-0.25, -0.2) is 0 Å². The van der Waals surface area contributed by atoms with Gasteiger partial charge in [-0.1, -0.05) is 12.1 Å². The fourth-order valence-corrected chi connectivity index (χ4v) is 3.88. The maximum Gasteiger partial charge on any atom is 0.292 e. The van der Waals surface area contributed by atoms with Gasteiger partial charge < -0.3 is 19.1 Å². The molecule has 6 heteroatoms. The predicted molar refractivity (Wildman–Crippen MR) is 104 cm³/mol. The smallest absolute Gasteiger partial charge is 0.292 e. The summed E-state index contributed by atoms with van der Waals surface area (Å²) in [6.45, 7) is 6.95. The molecule has 28 heavy (non-hydrogen) atoms. The number of hydrogen-bond donors (Lipinski definition) is 0. The number of nitrogens with zero attached hydrogens (tertiary/aromatic N) is 1. The standard InChI is InChI=1S/C22H23NO5/c1-14-4-5-15(2)20-19(14)22(27-12-13-28-22)21(25)23(20)10-11-26-18-8-6-17(7-9-18)16(3)24/h4-9H,10-13H2,1-3H3. The second kappa shape index (κ2) is 7.04. The number of fused-ring (bicyclic) bond motifs is 2. The van der Waals surface area contributed by atoms with Gasteiger partial charge in [0.15, 0.2) is 5.78 Å². The van der Waals surface area contributed by atoms with Crippen LogP contribution < -0.4 is 9.64 Å². The summed E-state index contributed by atoms with van der Waals surface area (Å²) < 4.78 is 17.4. The van der Waals surface area contributed by atoms with Gasteiger partial charge in [0.1, 0.15) is 12.4 Å². The van der Waals surface area contributed by atoms with E-state index in [4.69, 9.17) is 14.2 Å². The molecule has 146 valence electrons. The van der Waals surface area contributed by atoms with Gasteiger partial charge in [0.25, 0.3) is 11.7 Å². The van der Waals surface area contributed by atoms with E-state index in [-0.39, 0.29) is 11.7 Å². The number of hydrogen-bond acceptors (Lipinski definition) is 5. The molecule has 2 aromatic rings. The monoisotopic (exact) mass is 381 g/mol. The van der Waals surface area contributed by atoms with Crippen molar-refractivity contribution >= 4 is 17.4 Å². The number of aryl methyl sites for hydroxylation is 2. The molecule has 0 unspecified atom stereocenters. The Morgan fingerprint density at radius 1 is 1.07 bits per heavy atom. The first-order valence-electron chi connectivity index (χ1n) is 9.38. The minimum atomic E-state index is -1.32. The lowest BCUT2D eigenvalue weighted by atomic mass is 9.98. The van der Waals surface area contributed by atoms with Crippen LogP contribution in [0.4, 0.5) is 5.69 Å². The van der Waals surface area contributed by atoms with Crippen LogP contribution in [0.15, 0.2) is 36.4 Å². The number of carbonyl (C=O) groups excluding carboxylic acids is 2. The average molecular weight is 381 g/mol. The summed E-state index contributed by atoms with van der Waals surface area (Å²) in [5.74, 6) is -0.860. The van der Waals surface area contributed by atoms with Crippen molar-refractivity contribution in [2.45, 2.75) is 26.6 Å². The predicted octanol–water partition coefficient (Wildman–Crippen LogP) is 3.13. The zero-order valence-electron chi connectivity index (χ0n) is 16.3. The lowest BCUT2D eigenvalue weighted by molar-refractivity contribution is -0.180. The molecule has 0 bridgehead atoms. The van der Waals surface area contributed by atoms with Crippen molar-refractivity contribution in [3.05, 3.63) is 58.7 Å². The van der Waals surface area contributed by atoms with Crippen molar-refractivity contribution in [3.8, 4) is 5.75 Å². The Labute approximate surface area is 164 Å². The zero-order valence-corrected chi connectivity index (χ0v) is 16.3. The van der Waals surface area contributed by atoms with Crippen LogP contribution in [0.2, 0.25) is 0 Å². The van der Waals surface area contributed by atoms with E-state index in [9.17, 15) is 9.59 Å². The van der Waals surface area contributed by atoms with Crippen LogP contribution in [0.1, 0.15) is 34.0 Å². The van der Waals surface area contributed by atoms with Crippen LogP contribution in [0, 0.1) is 13.8 Å². The Bertz CT molecular complexity index is 929. The molecule has 0 aromatic heterocycles. The average Bonchev–Trinajstić information content (AvgIpc) is 3.26. The number of rotatable bonds is 5. The van der Waals surface area contributed by atoms with Crippen molar-refractivity contribution in [2.24, 2.45) is 0 Å². The number of ether oxygens (including phenoxy) is 3. The number of carbonyl (C=O) groups is 2. The highest BCUT2D eigenvalue weighted by atomic mass is 16.7. The number of Topliss-reactive ketones (excluding diaryl/α,β-unsaturated/α-hetero) is 1. The summed E-state index contributed by atoms with van der Waals surface area (Å²) in [7, 11) is 0. The Morgan fingerprint density at radius 2 is 1.71 bits per heavy atom.